The molecular formula is C16H15BrO2S. The Bertz CT molecular complexity index is 608. The van der Waals surface area contributed by atoms with Gasteiger partial charge in [-0.25, -0.2) is 0 Å². The summed E-state index contributed by atoms with van der Waals surface area (Å²) in [6, 6.07) is 13.4. The maximum Gasteiger partial charge on any atom is 0.200 e. The zero-order chi connectivity index (χ0) is 14.5. The molecule has 0 radical (unpaired) electrons. The summed E-state index contributed by atoms with van der Waals surface area (Å²) in [4.78, 5) is 13.2. The van der Waals surface area contributed by atoms with Crippen molar-refractivity contribution in [1.82, 2.24) is 0 Å². The number of halogens is 1. The highest BCUT2D eigenvalue weighted by Gasteiger charge is 2.08. The largest absolute Gasteiger partial charge is 0.485 e. The van der Waals surface area contributed by atoms with Crippen LogP contribution in [0.5, 0.6) is 5.75 Å². The minimum absolute atomic E-state index is 0.0166. The molecule has 0 bridgehead atoms. The van der Waals surface area contributed by atoms with Gasteiger partial charge in [0.15, 0.2) is 12.4 Å². The van der Waals surface area contributed by atoms with Gasteiger partial charge >= 0.3 is 0 Å². The van der Waals surface area contributed by atoms with Crippen LogP contribution in [0.25, 0.3) is 0 Å². The van der Waals surface area contributed by atoms with E-state index in [9.17, 15) is 4.79 Å². The van der Waals surface area contributed by atoms with Gasteiger partial charge in [-0.2, -0.15) is 0 Å². The number of ether oxygens (including phenoxy) is 1. The third-order valence-electron chi connectivity index (χ3n) is 2.92. The van der Waals surface area contributed by atoms with Crippen LogP contribution in [0.2, 0.25) is 0 Å². The second-order valence-corrected chi connectivity index (χ2v) is 6.15. The van der Waals surface area contributed by atoms with E-state index in [-0.39, 0.29) is 12.4 Å². The Morgan fingerprint density at radius 1 is 1.20 bits per heavy atom. The van der Waals surface area contributed by atoms with E-state index in [4.69, 9.17) is 4.74 Å². The van der Waals surface area contributed by atoms with Crippen molar-refractivity contribution in [1.29, 1.82) is 0 Å². The molecule has 0 atom stereocenters. The molecule has 0 aliphatic heterocycles. The Kier molecular flexibility index (Phi) is 5.26. The van der Waals surface area contributed by atoms with Crippen molar-refractivity contribution in [2.24, 2.45) is 0 Å². The Balaban J connectivity index is 2.02. The Morgan fingerprint density at radius 2 is 1.90 bits per heavy atom. The fraction of sp³-hybridized carbons (Fsp3) is 0.188. The lowest BCUT2D eigenvalue weighted by Gasteiger charge is -2.09. The molecule has 2 aromatic carbocycles. The number of aryl methyl sites for hydroxylation is 1. The van der Waals surface area contributed by atoms with Crippen molar-refractivity contribution in [2.45, 2.75) is 11.8 Å². The smallest absolute Gasteiger partial charge is 0.200 e. The van der Waals surface area contributed by atoms with Gasteiger partial charge in [-0.1, -0.05) is 34.1 Å². The summed E-state index contributed by atoms with van der Waals surface area (Å²) in [7, 11) is 0. The first-order chi connectivity index (χ1) is 9.60. The molecule has 2 nitrogen and oxygen atoms in total. The molecule has 2 aromatic rings. The number of carbonyl (C=O) groups excluding carboxylic acids is 1. The van der Waals surface area contributed by atoms with E-state index in [1.807, 2.05) is 55.6 Å². The molecule has 0 aliphatic carbocycles. The van der Waals surface area contributed by atoms with Crippen LogP contribution < -0.4 is 4.74 Å². The molecule has 0 N–H and O–H groups in total. The quantitative estimate of drug-likeness (QED) is 0.575. The fourth-order valence-corrected chi connectivity index (χ4v) is 2.48. The number of ketones is 1. The lowest BCUT2D eigenvalue weighted by Crippen LogP contribution is -2.12. The lowest BCUT2D eigenvalue weighted by molar-refractivity contribution is 0.0921. The number of Topliss-reactive ketones (excluding diaryl/α,β-unsaturated/α-hetero) is 1. The van der Waals surface area contributed by atoms with Crippen molar-refractivity contribution in [3.05, 3.63) is 58.1 Å². The van der Waals surface area contributed by atoms with E-state index < -0.39 is 0 Å². The van der Waals surface area contributed by atoms with Gasteiger partial charge in [0.2, 0.25) is 0 Å². The van der Waals surface area contributed by atoms with Crippen LogP contribution in [0.3, 0.4) is 0 Å². The average molecular weight is 351 g/mol. The van der Waals surface area contributed by atoms with E-state index in [2.05, 4.69) is 15.9 Å². The number of benzene rings is 2. The van der Waals surface area contributed by atoms with Crippen LogP contribution in [-0.4, -0.2) is 18.6 Å². The molecule has 0 saturated carbocycles. The maximum absolute atomic E-state index is 12.1. The minimum atomic E-state index is -0.0166. The summed E-state index contributed by atoms with van der Waals surface area (Å²) in [5, 5.41) is 0. The maximum atomic E-state index is 12.1. The summed E-state index contributed by atoms with van der Waals surface area (Å²) < 4.78 is 6.55. The second kappa shape index (κ2) is 6.95. The van der Waals surface area contributed by atoms with Crippen LogP contribution in [0.4, 0.5) is 0 Å². The number of rotatable bonds is 5. The predicted octanol–water partition coefficient (Wildman–Crippen LogP) is 4.74. The summed E-state index contributed by atoms with van der Waals surface area (Å²) in [5.41, 5.74) is 1.69. The van der Waals surface area contributed by atoms with Gasteiger partial charge in [-0.05, 0) is 43.0 Å². The average Bonchev–Trinajstić information content (AvgIpc) is 2.48. The SMILES string of the molecule is CSc1ccc(C(=O)COc2cc(Br)ccc2C)cc1. The lowest BCUT2D eigenvalue weighted by atomic mass is 10.1. The number of thioether (sulfide) groups is 1. The van der Waals surface area contributed by atoms with E-state index in [0.29, 0.717) is 5.56 Å². The first-order valence-electron chi connectivity index (χ1n) is 6.16. The van der Waals surface area contributed by atoms with Crippen molar-refractivity contribution in [2.75, 3.05) is 12.9 Å². The van der Waals surface area contributed by atoms with Crippen molar-refractivity contribution >= 4 is 33.5 Å². The molecule has 0 spiro atoms. The van der Waals surface area contributed by atoms with Gasteiger partial charge in [-0.3, -0.25) is 4.79 Å². The Morgan fingerprint density at radius 3 is 2.55 bits per heavy atom. The number of carbonyl (C=O) groups is 1. The molecular weight excluding hydrogens is 336 g/mol. The molecule has 2 rings (SSSR count). The first-order valence-corrected chi connectivity index (χ1v) is 8.18. The number of hydrogen-bond donors (Lipinski definition) is 0. The summed E-state index contributed by atoms with van der Waals surface area (Å²) in [5.74, 6) is 0.713. The van der Waals surface area contributed by atoms with E-state index in [1.165, 1.54) is 0 Å². The van der Waals surface area contributed by atoms with E-state index in [1.54, 1.807) is 11.8 Å². The van der Waals surface area contributed by atoms with E-state index >= 15 is 0 Å². The summed E-state index contributed by atoms with van der Waals surface area (Å²) in [6.45, 7) is 2.01. The van der Waals surface area contributed by atoms with Crippen molar-refractivity contribution < 1.29 is 9.53 Å². The molecule has 0 aliphatic rings. The van der Waals surface area contributed by atoms with Crippen LogP contribution >= 0.6 is 27.7 Å². The third kappa shape index (κ3) is 3.87. The third-order valence-corrected chi connectivity index (χ3v) is 4.16. The molecule has 104 valence electrons. The Hall–Kier alpha value is -1.26. The molecule has 0 amide bonds. The molecule has 20 heavy (non-hydrogen) atoms. The molecule has 0 saturated heterocycles. The highest BCUT2D eigenvalue weighted by atomic mass is 79.9. The van der Waals surface area contributed by atoms with Crippen molar-refractivity contribution in [3.63, 3.8) is 0 Å². The first kappa shape index (κ1) is 15.1. The van der Waals surface area contributed by atoms with Crippen molar-refractivity contribution in [3.8, 4) is 5.75 Å². The van der Waals surface area contributed by atoms with Gasteiger partial charge in [-0.15, -0.1) is 11.8 Å². The van der Waals surface area contributed by atoms with Gasteiger partial charge in [0, 0.05) is 14.9 Å². The zero-order valence-corrected chi connectivity index (χ0v) is 13.8. The molecule has 0 unspecified atom stereocenters. The van der Waals surface area contributed by atoms with Crippen LogP contribution in [-0.2, 0) is 0 Å². The van der Waals surface area contributed by atoms with Crippen LogP contribution in [0, 0.1) is 6.92 Å². The Labute approximate surface area is 131 Å². The van der Waals surface area contributed by atoms with Crippen LogP contribution in [0.1, 0.15) is 15.9 Å². The summed E-state index contributed by atoms with van der Waals surface area (Å²) >= 11 is 5.05. The number of hydrogen-bond acceptors (Lipinski definition) is 3. The minimum Gasteiger partial charge on any atom is -0.485 e. The van der Waals surface area contributed by atoms with Gasteiger partial charge in [0.1, 0.15) is 5.75 Å². The highest BCUT2D eigenvalue weighted by molar-refractivity contribution is 9.10. The predicted molar refractivity (Wildman–Crippen MR) is 86.9 cm³/mol. The normalized spacial score (nSPS) is 10.3. The standard InChI is InChI=1S/C16H15BrO2S/c1-11-3-6-13(17)9-16(11)19-10-15(18)12-4-7-14(20-2)8-5-12/h3-9H,10H2,1-2H3. The highest BCUT2D eigenvalue weighted by Crippen LogP contribution is 2.23. The van der Waals surface area contributed by atoms with Gasteiger partial charge in [0.05, 0.1) is 0 Å². The van der Waals surface area contributed by atoms with Crippen LogP contribution in [0.15, 0.2) is 51.8 Å². The monoisotopic (exact) mass is 350 g/mol. The van der Waals surface area contributed by atoms with E-state index in [0.717, 1.165) is 20.7 Å². The topological polar surface area (TPSA) is 26.3 Å². The molecule has 0 fully saturated rings. The fourth-order valence-electron chi connectivity index (χ4n) is 1.73. The molecule has 0 heterocycles. The second-order valence-electron chi connectivity index (χ2n) is 4.35. The molecule has 4 heteroatoms. The van der Waals surface area contributed by atoms with Gasteiger partial charge < -0.3 is 4.74 Å². The summed E-state index contributed by atoms with van der Waals surface area (Å²) in [6.07, 6.45) is 2.01. The molecule has 0 aromatic heterocycles. The van der Waals surface area contributed by atoms with Gasteiger partial charge in [0.25, 0.3) is 0 Å². The zero-order valence-electron chi connectivity index (χ0n) is 11.4.